The molecule has 0 fully saturated rings. The zero-order chi connectivity index (χ0) is 13.8. The van der Waals surface area contributed by atoms with Crippen molar-refractivity contribution in [2.75, 3.05) is 13.7 Å². The van der Waals surface area contributed by atoms with E-state index in [2.05, 4.69) is 5.43 Å². The lowest BCUT2D eigenvalue weighted by molar-refractivity contribution is -0.0150. The van der Waals surface area contributed by atoms with Gasteiger partial charge in [0.05, 0.1) is 25.4 Å². The first kappa shape index (κ1) is 15.2. The molecular weight excluding hydrogens is 252 g/mol. The summed E-state index contributed by atoms with van der Waals surface area (Å²) in [5.41, 5.74) is 3.39. The Hall–Kier alpha value is -0.810. The lowest BCUT2D eigenvalue weighted by atomic mass is 10.1. The van der Waals surface area contributed by atoms with Crippen LogP contribution in [0.5, 0.6) is 5.75 Å². The highest BCUT2D eigenvalue weighted by Crippen LogP contribution is 2.28. The predicted octanol–water partition coefficient (Wildman–Crippen LogP) is 2.67. The van der Waals surface area contributed by atoms with Crippen LogP contribution in [0.1, 0.15) is 32.4 Å². The molecule has 0 saturated carbocycles. The predicted molar refractivity (Wildman–Crippen MR) is 73.8 cm³/mol. The minimum Gasteiger partial charge on any atom is -0.496 e. The van der Waals surface area contributed by atoms with Crippen molar-refractivity contribution in [3.05, 3.63) is 28.8 Å². The molecule has 1 atom stereocenters. The lowest BCUT2D eigenvalue weighted by Crippen LogP contribution is -2.34. The number of hydrogen-bond donors (Lipinski definition) is 2. The van der Waals surface area contributed by atoms with E-state index in [0.29, 0.717) is 11.6 Å². The van der Waals surface area contributed by atoms with Crippen LogP contribution in [-0.4, -0.2) is 19.3 Å². The van der Waals surface area contributed by atoms with E-state index in [0.717, 1.165) is 11.3 Å². The average Bonchev–Trinajstić information content (AvgIpc) is 2.28. The number of benzene rings is 1. The summed E-state index contributed by atoms with van der Waals surface area (Å²) < 4.78 is 11.0. The topological polar surface area (TPSA) is 56.5 Å². The summed E-state index contributed by atoms with van der Waals surface area (Å²) in [5.74, 6) is 6.32. The second kappa shape index (κ2) is 6.38. The first-order chi connectivity index (χ1) is 8.37. The zero-order valence-corrected chi connectivity index (χ0v) is 12.0. The van der Waals surface area contributed by atoms with E-state index in [4.69, 9.17) is 26.9 Å². The van der Waals surface area contributed by atoms with E-state index >= 15 is 0 Å². The maximum absolute atomic E-state index is 6.00. The van der Waals surface area contributed by atoms with Crippen molar-refractivity contribution in [1.82, 2.24) is 5.43 Å². The third-order valence-electron chi connectivity index (χ3n) is 2.45. The summed E-state index contributed by atoms with van der Waals surface area (Å²) in [4.78, 5) is 0. The van der Waals surface area contributed by atoms with Gasteiger partial charge in [-0.25, -0.2) is 0 Å². The van der Waals surface area contributed by atoms with E-state index in [1.54, 1.807) is 13.2 Å². The monoisotopic (exact) mass is 272 g/mol. The Bertz CT molecular complexity index is 391. The first-order valence-corrected chi connectivity index (χ1v) is 6.18. The number of nitrogens with one attached hydrogen (secondary N) is 1. The molecule has 18 heavy (non-hydrogen) atoms. The average molecular weight is 273 g/mol. The molecule has 0 amide bonds. The number of halogens is 1. The van der Waals surface area contributed by atoms with Crippen LogP contribution in [0.4, 0.5) is 0 Å². The molecule has 0 saturated heterocycles. The van der Waals surface area contributed by atoms with Crippen molar-refractivity contribution in [2.45, 2.75) is 32.4 Å². The van der Waals surface area contributed by atoms with Gasteiger partial charge in [0.2, 0.25) is 0 Å². The highest BCUT2D eigenvalue weighted by molar-refractivity contribution is 6.30. The van der Waals surface area contributed by atoms with Crippen molar-refractivity contribution >= 4 is 11.6 Å². The van der Waals surface area contributed by atoms with Gasteiger partial charge in [-0.2, -0.15) is 0 Å². The molecule has 4 nitrogen and oxygen atoms in total. The number of hydrazine groups is 1. The van der Waals surface area contributed by atoms with Gasteiger partial charge < -0.3 is 9.47 Å². The largest absolute Gasteiger partial charge is 0.496 e. The molecule has 1 aromatic carbocycles. The number of nitrogens with two attached hydrogens (primary N) is 1. The fourth-order valence-corrected chi connectivity index (χ4v) is 1.72. The number of ether oxygens (including phenoxy) is 2. The molecule has 0 aliphatic carbocycles. The van der Waals surface area contributed by atoms with Gasteiger partial charge in [0.1, 0.15) is 5.75 Å². The van der Waals surface area contributed by atoms with E-state index in [1.807, 2.05) is 32.9 Å². The van der Waals surface area contributed by atoms with Gasteiger partial charge in [0.25, 0.3) is 0 Å². The van der Waals surface area contributed by atoms with Gasteiger partial charge >= 0.3 is 0 Å². The highest BCUT2D eigenvalue weighted by Gasteiger charge is 2.19. The molecular formula is C13H21ClN2O2. The Kier molecular flexibility index (Phi) is 5.41. The Morgan fingerprint density at radius 1 is 1.39 bits per heavy atom. The molecule has 0 spiro atoms. The minimum atomic E-state index is -0.221. The van der Waals surface area contributed by atoms with Crippen molar-refractivity contribution < 1.29 is 9.47 Å². The smallest absolute Gasteiger partial charge is 0.123 e. The standard InChI is InChI=1S/C13H21ClN2O2/c1-13(2,3)18-8-11(16-15)10-7-9(14)5-6-12(10)17-4/h5-7,11,16H,8,15H2,1-4H3. The van der Waals surface area contributed by atoms with Crippen molar-refractivity contribution in [3.8, 4) is 5.75 Å². The van der Waals surface area contributed by atoms with Crippen molar-refractivity contribution in [2.24, 2.45) is 5.84 Å². The highest BCUT2D eigenvalue weighted by atomic mass is 35.5. The van der Waals surface area contributed by atoms with Gasteiger partial charge in [0, 0.05) is 10.6 Å². The first-order valence-electron chi connectivity index (χ1n) is 5.81. The number of hydrogen-bond acceptors (Lipinski definition) is 4. The quantitative estimate of drug-likeness (QED) is 0.639. The summed E-state index contributed by atoms with van der Waals surface area (Å²) in [6.07, 6.45) is 0. The van der Waals surface area contributed by atoms with E-state index in [-0.39, 0.29) is 11.6 Å². The van der Waals surface area contributed by atoms with Crippen LogP contribution in [0.15, 0.2) is 18.2 Å². The fraction of sp³-hybridized carbons (Fsp3) is 0.538. The molecule has 0 radical (unpaired) electrons. The normalized spacial score (nSPS) is 13.4. The second-order valence-corrected chi connectivity index (χ2v) is 5.47. The Labute approximate surface area is 113 Å². The third-order valence-corrected chi connectivity index (χ3v) is 2.69. The van der Waals surface area contributed by atoms with E-state index in [1.165, 1.54) is 0 Å². The molecule has 3 N–H and O–H groups in total. The molecule has 0 aliphatic heterocycles. The van der Waals surface area contributed by atoms with Crippen LogP contribution in [0.2, 0.25) is 5.02 Å². The fourth-order valence-electron chi connectivity index (χ4n) is 1.54. The van der Waals surface area contributed by atoms with Crippen molar-refractivity contribution in [3.63, 3.8) is 0 Å². The molecule has 0 aromatic heterocycles. The molecule has 1 unspecified atom stereocenters. The van der Waals surface area contributed by atoms with Crippen molar-refractivity contribution in [1.29, 1.82) is 0 Å². The molecule has 5 heteroatoms. The molecule has 1 aromatic rings. The summed E-state index contributed by atoms with van der Waals surface area (Å²) in [5, 5.41) is 0.641. The summed E-state index contributed by atoms with van der Waals surface area (Å²) >= 11 is 6.00. The van der Waals surface area contributed by atoms with Gasteiger partial charge in [-0.15, -0.1) is 0 Å². The third kappa shape index (κ3) is 4.46. The van der Waals surface area contributed by atoms with Gasteiger partial charge in [-0.3, -0.25) is 11.3 Å². The maximum atomic E-state index is 6.00. The zero-order valence-electron chi connectivity index (χ0n) is 11.3. The Morgan fingerprint density at radius 3 is 2.56 bits per heavy atom. The van der Waals surface area contributed by atoms with Crippen LogP contribution in [0.3, 0.4) is 0 Å². The van der Waals surface area contributed by atoms with Crippen LogP contribution in [-0.2, 0) is 4.74 Å². The summed E-state index contributed by atoms with van der Waals surface area (Å²) in [7, 11) is 1.62. The van der Waals surface area contributed by atoms with Gasteiger partial charge in [0.15, 0.2) is 0 Å². The SMILES string of the molecule is COc1ccc(Cl)cc1C(COC(C)(C)C)NN. The Morgan fingerprint density at radius 2 is 2.06 bits per heavy atom. The lowest BCUT2D eigenvalue weighted by Gasteiger charge is -2.25. The van der Waals surface area contributed by atoms with Crippen LogP contribution >= 0.6 is 11.6 Å². The van der Waals surface area contributed by atoms with Crippen LogP contribution in [0.25, 0.3) is 0 Å². The molecule has 0 aliphatic rings. The Balaban J connectivity index is 2.90. The molecule has 0 bridgehead atoms. The number of methoxy groups -OCH3 is 1. The van der Waals surface area contributed by atoms with Gasteiger partial charge in [-0.05, 0) is 39.0 Å². The van der Waals surface area contributed by atoms with Crippen LogP contribution < -0.4 is 16.0 Å². The van der Waals surface area contributed by atoms with Gasteiger partial charge in [-0.1, -0.05) is 11.6 Å². The maximum Gasteiger partial charge on any atom is 0.123 e. The second-order valence-electron chi connectivity index (χ2n) is 5.03. The summed E-state index contributed by atoms with van der Waals surface area (Å²) in [6.45, 7) is 6.43. The molecule has 0 heterocycles. The molecule has 102 valence electrons. The van der Waals surface area contributed by atoms with Crippen LogP contribution in [0, 0.1) is 0 Å². The minimum absolute atomic E-state index is 0.169. The van der Waals surface area contributed by atoms with E-state index < -0.39 is 0 Å². The van der Waals surface area contributed by atoms with E-state index in [9.17, 15) is 0 Å². The molecule has 1 rings (SSSR count). The summed E-state index contributed by atoms with van der Waals surface area (Å²) in [6, 6.07) is 5.26. The number of rotatable bonds is 5.